The molecule has 0 radical (unpaired) electrons. The zero-order valence-corrected chi connectivity index (χ0v) is 15.9. The third kappa shape index (κ3) is 5.80. The van der Waals surface area contributed by atoms with Crippen LogP contribution in [0.25, 0.3) is 0 Å². The zero-order chi connectivity index (χ0) is 20.7. The van der Waals surface area contributed by atoms with Crippen LogP contribution in [0.4, 0.5) is 18.0 Å². The molecule has 1 atom stereocenters. The van der Waals surface area contributed by atoms with Crippen molar-refractivity contribution in [1.29, 1.82) is 0 Å². The van der Waals surface area contributed by atoms with E-state index in [0.717, 1.165) is 17.7 Å². The molecule has 8 heteroatoms. The van der Waals surface area contributed by atoms with Crippen LogP contribution in [0.3, 0.4) is 0 Å². The summed E-state index contributed by atoms with van der Waals surface area (Å²) < 4.78 is 48.8. The first-order valence-corrected chi connectivity index (χ1v) is 8.67. The van der Waals surface area contributed by atoms with Gasteiger partial charge in [0.2, 0.25) is 0 Å². The van der Waals surface area contributed by atoms with Gasteiger partial charge < -0.3 is 20.1 Å². The molecule has 0 heterocycles. The summed E-state index contributed by atoms with van der Waals surface area (Å²) in [6.07, 6.45) is -3.86. The molecule has 0 bridgehead atoms. The van der Waals surface area contributed by atoms with E-state index in [1.54, 1.807) is 33.3 Å². The molecule has 0 aliphatic rings. The van der Waals surface area contributed by atoms with Gasteiger partial charge in [-0.3, -0.25) is 0 Å². The average molecular weight is 396 g/mol. The van der Waals surface area contributed by atoms with Gasteiger partial charge >= 0.3 is 12.2 Å². The summed E-state index contributed by atoms with van der Waals surface area (Å²) in [6, 6.07) is 9.36. The fraction of sp³-hybridized carbons (Fsp3) is 0.350. The van der Waals surface area contributed by atoms with Crippen molar-refractivity contribution >= 4 is 6.03 Å². The molecule has 2 aromatic carbocycles. The number of ether oxygens (including phenoxy) is 2. The molecule has 0 saturated heterocycles. The summed E-state index contributed by atoms with van der Waals surface area (Å²) in [7, 11) is 3.09. The molecule has 2 aromatic rings. The highest BCUT2D eigenvalue weighted by Crippen LogP contribution is 2.30. The lowest BCUT2D eigenvalue weighted by Crippen LogP contribution is -2.38. The number of benzene rings is 2. The van der Waals surface area contributed by atoms with E-state index in [1.807, 2.05) is 12.1 Å². The van der Waals surface area contributed by atoms with E-state index in [2.05, 4.69) is 10.6 Å². The Kier molecular flexibility index (Phi) is 7.14. The molecule has 0 aromatic heterocycles. The molecule has 0 fully saturated rings. The molecule has 2 N–H and O–H groups in total. The lowest BCUT2D eigenvalue weighted by atomic mass is 10.1. The maximum absolute atomic E-state index is 12.8. The minimum absolute atomic E-state index is 0.358. The van der Waals surface area contributed by atoms with Crippen LogP contribution in [0, 0.1) is 0 Å². The minimum atomic E-state index is -4.42. The van der Waals surface area contributed by atoms with Gasteiger partial charge in [0.05, 0.1) is 25.8 Å². The van der Waals surface area contributed by atoms with E-state index in [9.17, 15) is 18.0 Å². The molecule has 2 amide bonds. The van der Waals surface area contributed by atoms with Gasteiger partial charge in [-0.25, -0.2) is 4.79 Å². The molecule has 2 rings (SSSR count). The summed E-state index contributed by atoms with van der Waals surface area (Å²) >= 11 is 0. The van der Waals surface area contributed by atoms with Crippen LogP contribution in [0.1, 0.15) is 29.7 Å². The van der Waals surface area contributed by atoms with Crippen molar-refractivity contribution in [2.75, 3.05) is 20.8 Å². The van der Waals surface area contributed by atoms with E-state index >= 15 is 0 Å². The Balaban J connectivity index is 1.87. The summed E-state index contributed by atoms with van der Waals surface area (Å²) in [4.78, 5) is 12.0. The first-order chi connectivity index (χ1) is 13.2. The Morgan fingerprint density at radius 3 is 2.43 bits per heavy atom. The van der Waals surface area contributed by atoms with Crippen LogP contribution in [0.2, 0.25) is 0 Å². The largest absolute Gasteiger partial charge is 0.493 e. The number of rotatable bonds is 7. The standard InChI is InChI=1S/C20H23F3N2O3/c1-13(15-5-4-6-16(12-15)20(21,22)23)25-19(26)24-10-9-14-7-8-17(27-2)18(11-14)28-3/h4-8,11-13H,9-10H2,1-3H3,(H2,24,25,26). The van der Waals surface area contributed by atoms with Gasteiger partial charge in [-0.2, -0.15) is 13.2 Å². The Bertz CT molecular complexity index is 810. The van der Waals surface area contributed by atoms with E-state index in [4.69, 9.17) is 9.47 Å². The van der Waals surface area contributed by atoms with Crippen molar-refractivity contribution in [3.63, 3.8) is 0 Å². The number of hydrogen-bond acceptors (Lipinski definition) is 3. The van der Waals surface area contributed by atoms with Crippen molar-refractivity contribution in [1.82, 2.24) is 10.6 Å². The van der Waals surface area contributed by atoms with Crippen LogP contribution in [-0.2, 0) is 12.6 Å². The lowest BCUT2D eigenvalue weighted by molar-refractivity contribution is -0.137. The number of nitrogens with one attached hydrogen (secondary N) is 2. The molecule has 0 saturated carbocycles. The van der Waals surface area contributed by atoms with Crippen molar-refractivity contribution < 1.29 is 27.4 Å². The molecule has 152 valence electrons. The van der Waals surface area contributed by atoms with Gasteiger partial charge in [0.15, 0.2) is 11.5 Å². The number of halogens is 3. The van der Waals surface area contributed by atoms with Crippen molar-refractivity contribution in [3.8, 4) is 11.5 Å². The third-order valence-corrected chi connectivity index (χ3v) is 4.21. The number of hydrogen-bond donors (Lipinski definition) is 2. The van der Waals surface area contributed by atoms with E-state index < -0.39 is 23.8 Å². The fourth-order valence-electron chi connectivity index (χ4n) is 2.67. The van der Waals surface area contributed by atoms with E-state index in [-0.39, 0.29) is 0 Å². The quantitative estimate of drug-likeness (QED) is 0.733. The summed E-state index contributed by atoms with van der Waals surface area (Å²) in [6.45, 7) is 1.99. The normalized spacial score (nSPS) is 12.2. The first kappa shape index (κ1) is 21.4. The van der Waals surface area contributed by atoms with Crippen molar-refractivity contribution in [2.45, 2.75) is 25.6 Å². The predicted molar refractivity (Wildman–Crippen MR) is 99.6 cm³/mol. The molecule has 0 aliphatic heterocycles. The molecule has 0 aliphatic carbocycles. The van der Waals surface area contributed by atoms with Crippen molar-refractivity contribution in [2.24, 2.45) is 0 Å². The Hall–Kier alpha value is -2.90. The number of alkyl halides is 3. The highest BCUT2D eigenvalue weighted by Gasteiger charge is 2.30. The van der Waals surface area contributed by atoms with E-state index in [0.29, 0.717) is 30.0 Å². The number of carbonyl (C=O) groups is 1. The molecule has 28 heavy (non-hydrogen) atoms. The molecular formula is C20H23F3N2O3. The SMILES string of the molecule is COc1ccc(CCNC(=O)NC(C)c2cccc(C(F)(F)F)c2)cc1OC. The molecular weight excluding hydrogens is 373 g/mol. The smallest absolute Gasteiger partial charge is 0.416 e. The Morgan fingerprint density at radius 2 is 1.79 bits per heavy atom. The van der Waals surface area contributed by atoms with Crippen molar-refractivity contribution in [3.05, 3.63) is 59.2 Å². The number of urea groups is 1. The summed E-state index contributed by atoms with van der Waals surface area (Å²) in [5, 5.41) is 5.34. The number of carbonyl (C=O) groups excluding carboxylic acids is 1. The summed E-state index contributed by atoms with van der Waals surface area (Å²) in [5.74, 6) is 1.22. The monoisotopic (exact) mass is 396 g/mol. The average Bonchev–Trinajstić information content (AvgIpc) is 2.67. The van der Waals surface area contributed by atoms with Crippen LogP contribution in [0.15, 0.2) is 42.5 Å². The Labute approximate surface area is 161 Å². The van der Waals surface area contributed by atoms with Gasteiger partial charge in [-0.15, -0.1) is 0 Å². The van der Waals surface area contributed by atoms with Gasteiger partial charge in [0.25, 0.3) is 0 Å². The van der Waals surface area contributed by atoms with Gasteiger partial charge in [0, 0.05) is 6.54 Å². The highest BCUT2D eigenvalue weighted by molar-refractivity contribution is 5.74. The number of amides is 2. The van der Waals surface area contributed by atoms with Crippen LogP contribution in [-0.4, -0.2) is 26.8 Å². The molecule has 0 spiro atoms. The molecule has 5 nitrogen and oxygen atoms in total. The highest BCUT2D eigenvalue weighted by atomic mass is 19.4. The van der Waals surface area contributed by atoms with Crippen LogP contribution < -0.4 is 20.1 Å². The van der Waals surface area contributed by atoms with Gasteiger partial charge in [-0.05, 0) is 48.7 Å². The second-order valence-corrected chi connectivity index (χ2v) is 6.18. The van der Waals surface area contributed by atoms with Crippen LogP contribution in [0.5, 0.6) is 11.5 Å². The van der Waals surface area contributed by atoms with Crippen LogP contribution >= 0.6 is 0 Å². The predicted octanol–water partition coefficient (Wildman–Crippen LogP) is 4.33. The number of methoxy groups -OCH3 is 2. The molecule has 1 unspecified atom stereocenters. The van der Waals surface area contributed by atoms with Gasteiger partial charge in [-0.1, -0.05) is 18.2 Å². The fourth-order valence-corrected chi connectivity index (χ4v) is 2.67. The second kappa shape index (κ2) is 9.34. The minimum Gasteiger partial charge on any atom is -0.493 e. The third-order valence-electron chi connectivity index (χ3n) is 4.21. The topological polar surface area (TPSA) is 59.6 Å². The Morgan fingerprint density at radius 1 is 1.07 bits per heavy atom. The van der Waals surface area contributed by atoms with E-state index in [1.165, 1.54) is 6.07 Å². The summed E-state index contributed by atoms with van der Waals surface area (Å²) in [5.41, 5.74) is 0.584. The lowest BCUT2D eigenvalue weighted by Gasteiger charge is -2.17. The van der Waals surface area contributed by atoms with Gasteiger partial charge in [0.1, 0.15) is 0 Å². The second-order valence-electron chi connectivity index (χ2n) is 6.18. The maximum atomic E-state index is 12.8. The maximum Gasteiger partial charge on any atom is 0.416 e. The first-order valence-electron chi connectivity index (χ1n) is 8.67. The zero-order valence-electron chi connectivity index (χ0n) is 15.9.